The second-order valence-corrected chi connectivity index (χ2v) is 6.90. The van der Waals surface area contributed by atoms with Crippen LogP contribution in [-0.2, 0) is 5.41 Å². The molecule has 0 spiro atoms. The first-order valence-corrected chi connectivity index (χ1v) is 8.46. The van der Waals surface area contributed by atoms with Crippen molar-refractivity contribution in [1.29, 1.82) is 0 Å². The number of nitrogens with zero attached hydrogens (tertiary/aromatic N) is 2. The van der Waals surface area contributed by atoms with Crippen LogP contribution in [0.15, 0.2) is 29.3 Å². The molecule has 1 aliphatic heterocycles. The molecular weight excluding hydrogens is 418 g/mol. The fourth-order valence-electron chi connectivity index (χ4n) is 3.10. The smallest absolute Gasteiger partial charge is 0.188 e. The van der Waals surface area contributed by atoms with Gasteiger partial charge >= 0.3 is 0 Å². The summed E-state index contributed by atoms with van der Waals surface area (Å²) in [7, 11) is 0. The van der Waals surface area contributed by atoms with Crippen molar-refractivity contribution < 1.29 is 4.39 Å². The summed E-state index contributed by atoms with van der Waals surface area (Å²) >= 11 is 0. The topological polar surface area (TPSA) is 53.6 Å². The van der Waals surface area contributed by atoms with Gasteiger partial charge in [-0.15, -0.1) is 24.0 Å². The molecule has 6 heteroatoms. The Kier molecular flexibility index (Phi) is 8.42. The zero-order chi connectivity index (χ0) is 16.9. The van der Waals surface area contributed by atoms with Crippen molar-refractivity contribution in [3.05, 3.63) is 35.6 Å². The zero-order valence-electron chi connectivity index (χ0n) is 14.9. The summed E-state index contributed by atoms with van der Waals surface area (Å²) in [5.74, 6) is 0.273. The van der Waals surface area contributed by atoms with E-state index in [4.69, 9.17) is 5.73 Å². The van der Waals surface area contributed by atoms with Crippen molar-refractivity contribution in [2.45, 2.75) is 45.1 Å². The molecule has 2 rings (SSSR count). The lowest BCUT2D eigenvalue weighted by molar-refractivity contribution is 0.267. The number of benzene rings is 1. The fraction of sp³-hybridized carbons (Fsp3) is 0.611. The number of guanidine groups is 1. The van der Waals surface area contributed by atoms with E-state index in [1.165, 1.54) is 31.5 Å². The Morgan fingerprint density at radius 3 is 2.67 bits per heavy atom. The lowest BCUT2D eigenvalue weighted by atomic mass is 9.85. The number of aliphatic imine (C=N–C) groups is 1. The van der Waals surface area contributed by atoms with E-state index in [0.29, 0.717) is 18.5 Å². The maximum atomic E-state index is 13.0. The zero-order valence-corrected chi connectivity index (χ0v) is 17.2. The maximum absolute atomic E-state index is 13.0. The van der Waals surface area contributed by atoms with Gasteiger partial charge in [0.05, 0.1) is 6.54 Å². The van der Waals surface area contributed by atoms with E-state index in [2.05, 4.69) is 36.0 Å². The third kappa shape index (κ3) is 5.88. The molecule has 1 unspecified atom stereocenters. The van der Waals surface area contributed by atoms with Gasteiger partial charge in [-0.1, -0.05) is 32.9 Å². The summed E-state index contributed by atoms with van der Waals surface area (Å²) in [4.78, 5) is 6.95. The van der Waals surface area contributed by atoms with Crippen molar-refractivity contribution in [1.82, 2.24) is 10.2 Å². The molecule has 0 aliphatic carbocycles. The highest BCUT2D eigenvalue weighted by Gasteiger charge is 2.23. The van der Waals surface area contributed by atoms with Crippen molar-refractivity contribution in [3.63, 3.8) is 0 Å². The molecule has 1 aromatic rings. The highest BCUT2D eigenvalue weighted by Crippen LogP contribution is 2.23. The first kappa shape index (κ1) is 21.2. The lowest BCUT2D eigenvalue weighted by Crippen LogP contribution is -2.43. The van der Waals surface area contributed by atoms with Crippen molar-refractivity contribution >= 4 is 29.9 Å². The first-order valence-electron chi connectivity index (χ1n) is 8.46. The Balaban J connectivity index is 0.00000288. The van der Waals surface area contributed by atoms with E-state index in [0.717, 1.165) is 18.7 Å². The van der Waals surface area contributed by atoms with Crippen molar-refractivity contribution in [2.75, 3.05) is 26.2 Å². The van der Waals surface area contributed by atoms with Crippen LogP contribution in [0.4, 0.5) is 4.39 Å². The molecular formula is C18H30FIN4. The van der Waals surface area contributed by atoms with Crippen LogP contribution in [0, 0.1) is 5.82 Å². The number of likely N-dealkylation sites (N-methyl/N-ethyl adjacent to an activating group) is 1. The van der Waals surface area contributed by atoms with E-state index in [1.54, 1.807) is 0 Å². The molecule has 1 saturated heterocycles. The fourth-order valence-corrected chi connectivity index (χ4v) is 3.10. The van der Waals surface area contributed by atoms with Gasteiger partial charge in [0.2, 0.25) is 0 Å². The van der Waals surface area contributed by atoms with Crippen LogP contribution in [0.1, 0.15) is 39.2 Å². The predicted octanol–water partition coefficient (Wildman–Crippen LogP) is 3.11. The van der Waals surface area contributed by atoms with E-state index < -0.39 is 0 Å². The molecule has 1 atom stereocenters. The van der Waals surface area contributed by atoms with Crippen LogP contribution < -0.4 is 11.1 Å². The van der Waals surface area contributed by atoms with Crippen LogP contribution in [0.5, 0.6) is 0 Å². The van der Waals surface area contributed by atoms with Crippen LogP contribution in [-0.4, -0.2) is 43.1 Å². The third-order valence-electron chi connectivity index (χ3n) is 4.69. The molecule has 1 aliphatic rings. The van der Waals surface area contributed by atoms with Gasteiger partial charge in [-0.05, 0) is 43.6 Å². The molecule has 0 radical (unpaired) electrons. The SMILES string of the molecule is CCN1CCCC1CNC(N)=NCC(C)(C)c1ccc(F)cc1.I. The summed E-state index contributed by atoms with van der Waals surface area (Å²) in [6, 6.07) is 7.15. The summed E-state index contributed by atoms with van der Waals surface area (Å²) in [6.45, 7) is 10.1. The van der Waals surface area contributed by atoms with Crippen LogP contribution in [0.25, 0.3) is 0 Å². The molecule has 1 heterocycles. The van der Waals surface area contributed by atoms with Gasteiger partial charge in [-0.25, -0.2) is 4.39 Å². The van der Waals surface area contributed by atoms with Gasteiger partial charge in [0.1, 0.15) is 5.82 Å². The Hall–Kier alpha value is -0.890. The van der Waals surface area contributed by atoms with E-state index in [1.807, 2.05) is 12.1 Å². The van der Waals surface area contributed by atoms with Gasteiger partial charge in [-0.2, -0.15) is 0 Å². The Morgan fingerprint density at radius 2 is 2.04 bits per heavy atom. The van der Waals surface area contributed by atoms with Crippen LogP contribution in [0.3, 0.4) is 0 Å². The highest BCUT2D eigenvalue weighted by atomic mass is 127. The molecule has 0 bridgehead atoms. The number of hydrogen-bond acceptors (Lipinski definition) is 2. The molecule has 0 aromatic heterocycles. The Morgan fingerprint density at radius 1 is 1.38 bits per heavy atom. The molecule has 1 aromatic carbocycles. The second-order valence-electron chi connectivity index (χ2n) is 6.90. The highest BCUT2D eigenvalue weighted by molar-refractivity contribution is 14.0. The van der Waals surface area contributed by atoms with Gasteiger partial charge in [-0.3, -0.25) is 9.89 Å². The molecule has 3 N–H and O–H groups in total. The number of nitrogens with one attached hydrogen (secondary N) is 1. The Bertz CT molecular complexity index is 530. The minimum Gasteiger partial charge on any atom is -0.370 e. The monoisotopic (exact) mass is 448 g/mol. The lowest BCUT2D eigenvalue weighted by Gasteiger charge is -2.25. The predicted molar refractivity (Wildman–Crippen MR) is 110 cm³/mol. The van der Waals surface area contributed by atoms with Crippen LogP contribution in [0.2, 0.25) is 0 Å². The average molecular weight is 448 g/mol. The molecule has 0 saturated carbocycles. The molecule has 136 valence electrons. The Labute approximate surface area is 162 Å². The molecule has 1 fully saturated rings. The van der Waals surface area contributed by atoms with Gasteiger partial charge in [0.15, 0.2) is 5.96 Å². The normalized spacial score (nSPS) is 19.2. The summed E-state index contributed by atoms with van der Waals surface area (Å²) in [5.41, 5.74) is 6.89. The minimum absolute atomic E-state index is 0. The van der Waals surface area contributed by atoms with E-state index >= 15 is 0 Å². The maximum Gasteiger partial charge on any atom is 0.188 e. The number of rotatable bonds is 6. The van der Waals surface area contributed by atoms with Gasteiger partial charge in [0.25, 0.3) is 0 Å². The second kappa shape index (κ2) is 9.56. The minimum atomic E-state index is -0.216. The van der Waals surface area contributed by atoms with E-state index in [9.17, 15) is 4.39 Å². The van der Waals surface area contributed by atoms with Crippen molar-refractivity contribution in [2.24, 2.45) is 10.7 Å². The van der Waals surface area contributed by atoms with E-state index in [-0.39, 0.29) is 35.2 Å². The molecule has 0 amide bonds. The van der Waals surface area contributed by atoms with Crippen molar-refractivity contribution in [3.8, 4) is 0 Å². The largest absolute Gasteiger partial charge is 0.370 e. The first-order chi connectivity index (χ1) is 10.9. The number of likely N-dealkylation sites (tertiary alicyclic amines) is 1. The number of halogens is 2. The summed E-state index contributed by atoms with van der Waals surface area (Å²) in [6.07, 6.45) is 2.48. The molecule has 4 nitrogen and oxygen atoms in total. The average Bonchev–Trinajstić information content (AvgIpc) is 2.99. The summed E-state index contributed by atoms with van der Waals surface area (Å²) < 4.78 is 13.0. The van der Waals surface area contributed by atoms with Gasteiger partial charge in [0, 0.05) is 18.0 Å². The van der Waals surface area contributed by atoms with Gasteiger partial charge < -0.3 is 11.1 Å². The number of hydrogen-bond donors (Lipinski definition) is 2. The third-order valence-corrected chi connectivity index (χ3v) is 4.69. The number of nitrogens with two attached hydrogens (primary N) is 1. The summed E-state index contributed by atoms with van der Waals surface area (Å²) in [5, 5.41) is 3.25. The van der Waals surface area contributed by atoms with Crippen LogP contribution >= 0.6 is 24.0 Å². The quantitative estimate of drug-likeness (QED) is 0.400. The molecule has 24 heavy (non-hydrogen) atoms. The standard InChI is InChI=1S/C18H29FN4.HI/c1-4-23-11-5-6-16(23)12-21-17(20)22-13-18(2,3)14-7-9-15(19)10-8-14;/h7-10,16H,4-6,11-13H2,1-3H3,(H3,20,21,22);1H.